The molecule has 1 aromatic heterocycles. The van der Waals surface area contributed by atoms with E-state index in [1.54, 1.807) is 7.11 Å². The molecule has 1 aliphatic rings. The Hall–Kier alpha value is -2.48. The van der Waals surface area contributed by atoms with Gasteiger partial charge in [-0.05, 0) is 40.6 Å². The lowest BCUT2D eigenvalue weighted by Crippen LogP contribution is -2.48. The molecule has 2 heterocycles. The topological polar surface area (TPSA) is 59.3 Å². The molecule has 8 heteroatoms. The van der Waals surface area contributed by atoms with Crippen molar-refractivity contribution in [2.75, 3.05) is 44.8 Å². The summed E-state index contributed by atoms with van der Waals surface area (Å²) in [5, 5.41) is 13.3. The van der Waals surface area contributed by atoms with Crippen LogP contribution in [0.3, 0.4) is 0 Å². The zero-order chi connectivity index (χ0) is 20.9. The van der Waals surface area contributed by atoms with Gasteiger partial charge in [-0.25, -0.2) is 4.68 Å². The van der Waals surface area contributed by atoms with Crippen molar-refractivity contribution in [3.05, 3.63) is 70.5 Å². The number of hydrogen-bond acceptors (Lipinski definition) is 6. The third kappa shape index (κ3) is 4.48. The molecule has 0 unspecified atom stereocenters. The zero-order valence-corrected chi connectivity index (χ0v) is 18.2. The molecule has 0 radical (unpaired) electrons. The Labute approximate surface area is 182 Å². The molecule has 7 nitrogen and oxygen atoms in total. The summed E-state index contributed by atoms with van der Waals surface area (Å²) in [5.74, 6) is 0.852. The number of anilines is 1. The fourth-order valence-electron chi connectivity index (χ4n) is 4.05. The fourth-order valence-corrected chi connectivity index (χ4v) is 4.21. The third-order valence-corrected chi connectivity index (χ3v) is 5.85. The zero-order valence-electron chi connectivity index (χ0n) is 17.4. The maximum absolute atomic E-state index is 6.25. The molecule has 1 atom stereocenters. The Morgan fingerprint density at radius 2 is 1.83 bits per heavy atom. The first kappa shape index (κ1) is 20.8. The highest BCUT2D eigenvalue weighted by atomic mass is 35.5. The van der Waals surface area contributed by atoms with Crippen molar-refractivity contribution < 1.29 is 4.74 Å². The van der Waals surface area contributed by atoms with Crippen LogP contribution < -0.4 is 4.90 Å². The number of aromatic nitrogens is 4. The number of halogens is 1. The molecule has 0 aliphatic carbocycles. The highest BCUT2D eigenvalue weighted by molar-refractivity contribution is 6.30. The van der Waals surface area contributed by atoms with E-state index in [2.05, 4.69) is 68.6 Å². The lowest BCUT2D eigenvalue weighted by atomic mass is 10.0. The number of tetrazole rings is 1. The first-order valence-corrected chi connectivity index (χ1v) is 10.6. The van der Waals surface area contributed by atoms with Crippen molar-refractivity contribution in [3.8, 4) is 0 Å². The first-order chi connectivity index (χ1) is 14.7. The van der Waals surface area contributed by atoms with E-state index in [0.29, 0.717) is 13.2 Å². The van der Waals surface area contributed by atoms with Crippen molar-refractivity contribution in [2.45, 2.75) is 19.5 Å². The van der Waals surface area contributed by atoms with Gasteiger partial charge in [0, 0.05) is 44.0 Å². The van der Waals surface area contributed by atoms with Gasteiger partial charge in [0.05, 0.1) is 19.2 Å². The van der Waals surface area contributed by atoms with Crippen LogP contribution in [0.1, 0.15) is 23.0 Å². The van der Waals surface area contributed by atoms with E-state index < -0.39 is 0 Å². The van der Waals surface area contributed by atoms with Crippen LogP contribution in [0.4, 0.5) is 5.69 Å². The molecule has 0 amide bonds. The van der Waals surface area contributed by atoms with Crippen LogP contribution in [0.5, 0.6) is 0 Å². The standard InChI is InChI=1S/C22H27ClN6O/c1-17-8-9-19(23)16-20(17)27-10-12-28(13-11-27)21(18-6-4-3-5-7-18)22-24-25-26-29(22)14-15-30-2/h3-9,16,21H,10-15H2,1-2H3/t21-/m0/s1. The molecular formula is C22H27ClN6O. The molecule has 3 aromatic rings. The van der Waals surface area contributed by atoms with Crippen LogP contribution in [0.25, 0.3) is 0 Å². The minimum absolute atomic E-state index is 0.000615. The summed E-state index contributed by atoms with van der Waals surface area (Å²) in [6.45, 7) is 6.99. The minimum atomic E-state index is 0.000615. The molecule has 2 aromatic carbocycles. The molecule has 0 spiro atoms. The molecule has 0 bridgehead atoms. The summed E-state index contributed by atoms with van der Waals surface area (Å²) < 4.78 is 7.09. The quantitative estimate of drug-likeness (QED) is 0.578. The Kier molecular flexibility index (Phi) is 6.62. The molecule has 30 heavy (non-hydrogen) atoms. The molecule has 4 rings (SSSR count). The number of piperazine rings is 1. The van der Waals surface area contributed by atoms with Crippen molar-refractivity contribution in [1.29, 1.82) is 0 Å². The van der Waals surface area contributed by atoms with Gasteiger partial charge in [0.1, 0.15) is 0 Å². The van der Waals surface area contributed by atoms with Gasteiger partial charge in [-0.3, -0.25) is 4.90 Å². The first-order valence-electron chi connectivity index (χ1n) is 10.2. The third-order valence-electron chi connectivity index (χ3n) is 5.62. The van der Waals surface area contributed by atoms with Gasteiger partial charge in [-0.15, -0.1) is 5.10 Å². The summed E-state index contributed by atoms with van der Waals surface area (Å²) >= 11 is 6.25. The Bertz CT molecular complexity index is 955. The Morgan fingerprint density at radius 3 is 2.57 bits per heavy atom. The maximum Gasteiger partial charge on any atom is 0.173 e. The summed E-state index contributed by atoms with van der Waals surface area (Å²) in [6.07, 6.45) is 0. The monoisotopic (exact) mass is 426 g/mol. The summed E-state index contributed by atoms with van der Waals surface area (Å²) in [6, 6.07) is 16.6. The molecule has 1 saturated heterocycles. The van der Waals surface area contributed by atoms with E-state index in [1.807, 2.05) is 16.8 Å². The summed E-state index contributed by atoms with van der Waals surface area (Å²) in [7, 11) is 1.69. The van der Waals surface area contributed by atoms with Crippen LogP contribution in [0.15, 0.2) is 48.5 Å². The van der Waals surface area contributed by atoms with Gasteiger partial charge < -0.3 is 9.64 Å². The minimum Gasteiger partial charge on any atom is -0.383 e. The average molecular weight is 427 g/mol. The number of methoxy groups -OCH3 is 1. The molecule has 1 fully saturated rings. The van der Waals surface area contributed by atoms with Gasteiger partial charge >= 0.3 is 0 Å². The lowest BCUT2D eigenvalue weighted by Gasteiger charge is -2.40. The fraction of sp³-hybridized carbons (Fsp3) is 0.409. The van der Waals surface area contributed by atoms with Gasteiger partial charge in [-0.1, -0.05) is 48.0 Å². The highest BCUT2D eigenvalue weighted by Crippen LogP contribution is 2.30. The Balaban J connectivity index is 1.57. The molecule has 0 N–H and O–H groups in total. The maximum atomic E-state index is 6.25. The van der Waals surface area contributed by atoms with E-state index in [0.717, 1.165) is 37.0 Å². The predicted octanol–water partition coefficient (Wildman–Crippen LogP) is 3.19. The van der Waals surface area contributed by atoms with Crippen LogP contribution in [-0.2, 0) is 11.3 Å². The number of aryl methyl sites for hydroxylation is 1. The molecular weight excluding hydrogens is 400 g/mol. The highest BCUT2D eigenvalue weighted by Gasteiger charge is 2.30. The van der Waals surface area contributed by atoms with Crippen LogP contribution in [-0.4, -0.2) is 65.0 Å². The molecule has 1 aliphatic heterocycles. The van der Waals surface area contributed by atoms with Gasteiger partial charge in [0.25, 0.3) is 0 Å². The second-order valence-electron chi connectivity index (χ2n) is 7.52. The number of benzene rings is 2. The van der Waals surface area contributed by atoms with E-state index in [4.69, 9.17) is 16.3 Å². The normalized spacial score (nSPS) is 16.0. The van der Waals surface area contributed by atoms with E-state index in [9.17, 15) is 0 Å². The van der Waals surface area contributed by atoms with Gasteiger partial charge in [0.2, 0.25) is 0 Å². The van der Waals surface area contributed by atoms with E-state index in [-0.39, 0.29) is 6.04 Å². The molecule has 0 saturated carbocycles. The second-order valence-corrected chi connectivity index (χ2v) is 7.96. The van der Waals surface area contributed by atoms with E-state index >= 15 is 0 Å². The lowest BCUT2D eigenvalue weighted by molar-refractivity contribution is 0.171. The number of hydrogen-bond donors (Lipinski definition) is 0. The smallest absolute Gasteiger partial charge is 0.173 e. The van der Waals surface area contributed by atoms with E-state index in [1.165, 1.54) is 16.8 Å². The van der Waals surface area contributed by atoms with Crippen LogP contribution >= 0.6 is 11.6 Å². The number of ether oxygens (including phenoxy) is 1. The van der Waals surface area contributed by atoms with Crippen molar-refractivity contribution in [2.24, 2.45) is 0 Å². The van der Waals surface area contributed by atoms with Gasteiger partial charge in [-0.2, -0.15) is 0 Å². The van der Waals surface area contributed by atoms with Gasteiger partial charge in [0.15, 0.2) is 5.82 Å². The Morgan fingerprint density at radius 1 is 1.07 bits per heavy atom. The van der Waals surface area contributed by atoms with Crippen LogP contribution in [0, 0.1) is 6.92 Å². The summed E-state index contributed by atoms with van der Waals surface area (Å²) in [5.41, 5.74) is 3.65. The molecule has 158 valence electrons. The van der Waals surface area contributed by atoms with Crippen molar-refractivity contribution >= 4 is 17.3 Å². The second kappa shape index (κ2) is 9.55. The number of rotatable bonds is 7. The van der Waals surface area contributed by atoms with Crippen molar-refractivity contribution in [3.63, 3.8) is 0 Å². The predicted molar refractivity (Wildman–Crippen MR) is 118 cm³/mol. The largest absolute Gasteiger partial charge is 0.383 e. The van der Waals surface area contributed by atoms with Crippen molar-refractivity contribution in [1.82, 2.24) is 25.1 Å². The summed E-state index contributed by atoms with van der Waals surface area (Å²) in [4.78, 5) is 4.87. The van der Waals surface area contributed by atoms with Crippen LogP contribution in [0.2, 0.25) is 5.02 Å². The number of nitrogens with zero attached hydrogens (tertiary/aromatic N) is 6. The average Bonchev–Trinajstić information content (AvgIpc) is 3.23. The SMILES string of the molecule is COCCn1nnnc1[C@H](c1ccccc1)N1CCN(c2cc(Cl)ccc2C)CC1.